The van der Waals surface area contributed by atoms with E-state index >= 15 is 0 Å². The van der Waals surface area contributed by atoms with Gasteiger partial charge in [0.2, 0.25) is 0 Å². The third-order valence-electron chi connectivity index (χ3n) is 13.5. The molecular weight excluding hydrogens is 2870 g/mol. The van der Waals surface area contributed by atoms with Crippen LogP contribution in [-0.2, 0) is 288 Å². The Morgan fingerprint density at radius 3 is 0.147 bits per heavy atom. The summed E-state index contributed by atoms with van der Waals surface area (Å²) < 4.78 is 0. The molecule has 95 heavy (non-hydrogen) atoms. The van der Waals surface area contributed by atoms with E-state index in [4.69, 9.17) is 43.2 Å². The predicted molar refractivity (Wildman–Crippen MR) is 432 cm³/mol. The van der Waals surface area contributed by atoms with E-state index in [1.54, 1.807) is 0 Å². The Hall–Kier alpha value is 10.7. The van der Waals surface area contributed by atoms with E-state index in [2.05, 4.69) is 248 Å². The van der Waals surface area contributed by atoms with E-state index in [-0.39, 0.29) is 371 Å². The van der Waals surface area contributed by atoms with Crippen molar-refractivity contribution in [2.75, 3.05) is 166 Å². The molecule has 0 N–H and O–H groups in total. The molecule has 0 atom stereocenters. The minimum atomic E-state index is 0. The van der Waals surface area contributed by atoms with Gasteiger partial charge in [0.25, 0.3) is 0 Å². The third kappa shape index (κ3) is 264. The van der Waals surface area contributed by atoms with E-state index in [0.29, 0.717) is 0 Å². The molecule has 0 saturated heterocycles. The van der Waals surface area contributed by atoms with Gasteiger partial charge in [-0.15, -0.1) is 0 Å². The van der Waals surface area contributed by atoms with Crippen LogP contribution >= 0.6 is 71.3 Å². The summed E-state index contributed by atoms with van der Waals surface area (Å²) in [5.74, 6) is 0. The monoisotopic (exact) mass is 3010 g/mol. The molecule has 9 nitrogen and oxygen atoms in total. The van der Waals surface area contributed by atoms with Gasteiger partial charge in [-0.1, -0.05) is 0 Å². The fraction of sp³-hybridized carbons (Fsp3) is 0.857. The topological polar surface area (TPSA) is 154 Å². The van der Waals surface area contributed by atoms with Gasteiger partial charge in [-0.2, -0.15) is 0 Å². The minimum absolute atomic E-state index is 0. The van der Waals surface area contributed by atoms with Gasteiger partial charge in [-0.3, -0.25) is 61.1 Å². The zero-order valence-electron chi connectivity index (χ0n) is 64.4. The Kier molecular flexibility index (Phi) is 604. The minimum Gasteiger partial charge on any atom is -0.545 e. The Morgan fingerprint density at radius 1 is 0.126 bits per heavy atom. The first-order valence-electron chi connectivity index (χ1n) is 30.8. The first kappa shape index (κ1) is 213. The Bertz CT molecular complexity index is 613. The second-order valence-electron chi connectivity index (χ2n) is 16.3. The van der Waals surface area contributed by atoms with Crippen LogP contribution in [-0.4, -0.2) is 282 Å². The van der Waals surface area contributed by atoms with Crippen LogP contribution in [0.5, 0.6) is 0 Å². The van der Waals surface area contributed by atoms with Gasteiger partial charge in [0.05, 0.1) is 166 Å². The molecule has 0 unspecified atom stereocenters. The molecule has 0 radical (unpaired) electrons. The largest absolute Gasteiger partial charge is 2.00 e. The molecule has 0 aliphatic heterocycles. The molecule has 32 heteroatoms. The SMILES string of the molecule is CC[PH+](CC)CC.CC[PH+](CC)CC.CC[PH+](CC)CC.CC[PH+](CC)CC.CC[PH+](CC)CC.CC[PH+](CC)CC.CC[PH+](CC)CC.CC[PH+](CC)CC.CC[PH+](CC)CC.[CH-]=O.[CH-]=O.[CH-]=O.[CH-]=O.[CH-]=O.[CH-]=O.[CH-]=O.[CH-]=O.[CH-]=O.[Pd+2].[Pd+2].[Pd+2].[Pd].[Pd].[Pd].[Pd].[Pd].[Pd].[Pd].[Pd].[Pd].[Tl+].[Tl+]. The maximum atomic E-state index is 7.75. The smallest absolute Gasteiger partial charge is 0.545 e. The van der Waals surface area contributed by atoms with Crippen molar-refractivity contribution in [3.63, 3.8) is 0 Å². The van der Waals surface area contributed by atoms with Gasteiger partial charge >= 0.3 is 116 Å². The molecular formula is C63H153O9P9Pd12Tl2+8. The summed E-state index contributed by atoms with van der Waals surface area (Å²) in [6, 6.07) is 0. The molecule has 0 bridgehead atoms. The Morgan fingerprint density at radius 2 is 0.147 bits per heavy atom. The van der Waals surface area contributed by atoms with E-state index in [9.17, 15) is 0 Å². The van der Waals surface area contributed by atoms with Crippen molar-refractivity contribution >= 4 is 187 Å². The normalized spacial score (nSPS) is 7.20. The van der Waals surface area contributed by atoms with Crippen LogP contribution < -0.4 is 0 Å². The maximum Gasteiger partial charge on any atom is 2.00 e. The predicted octanol–water partition coefficient (Wildman–Crippen LogP) is 17.1. The second kappa shape index (κ2) is 269. The molecule has 622 valence electrons. The zero-order valence-corrected chi connectivity index (χ0v) is 101. The second-order valence-corrected chi connectivity index (χ2v) is 48.9. The fourth-order valence-corrected chi connectivity index (χ4v) is 20.2. The molecule has 0 aromatic carbocycles. The average Bonchev–Trinajstić information content (AvgIpc) is 3.56. The third-order valence-corrected chi connectivity index (χ3v) is 40.5. The van der Waals surface area contributed by atoms with Crippen molar-refractivity contribution in [2.45, 2.75) is 187 Å². The van der Waals surface area contributed by atoms with Gasteiger partial charge in [-0.05, 0) is 258 Å². The molecule has 0 aromatic rings. The Labute approximate surface area is 815 Å². The molecule has 0 fully saturated rings. The summed E-state index contributed by atoms with van der Waals surface area (Å²) in [6.45, 7) is 91.5. The number of carbonyl (C=O) groups excluding carboxylic acids is 9. The van der Waals surface area contributed by atoms with Gasteiger partial charge in [-0.25, -0.2) is 0 Å². The molecule has 0 heterocycles. The van der Waals surface area contributed by atoms with Crippen molar-refractivity contribution < 1.29 is 288 Å². The van der Waals surface area contributed by atoms with Crippen molar-refractivity contribution in [2.24, 2.45) is 0 Å². The molecule has 0 spiro atoms. The molecule has 0 rings (SSSR count). The first-order valence-corrected chi connectivity index (χ1v) is 49.9. The summed E-state index contributed by atoms with van der Waals surface area (Å²) in [5.41, 5.74) is 0. The van der Waals surface area contributed by atoms with Crippen LogP contribution in [0.15, 0.2) is 0 Å². The molecule has 0 aromatic heterocycles. The van der Waals surface area contributed by atoms with E-state index in [0.717, 1.165) is 0 Å². The van der Waals surface area contributed by atoms with Gasteiger partial charge in [0.15, 0.2) is 0 Å². The zero-order chi connectivity index (χ0) is 69.3. The van der Waals surface area contributed by atoms with Gasteiger partial charge in [0.1, 0.15) is 0 Å². The Balaban J connectivity index is -0.0000000149. The van der Waals surface area contributed by atoms with Crippen LogP contribution in [0.2, 0.25) is 0 Å². The molecule has 0 aliphatic carbocycles. The summed E-state index contributed by atoms with van der Waals surface area (Å²) >= 11 is 0. The number of hydrogen-bond acceptors (Lipinski definition) is 9. The quantitative estimate of drug-likeness (QED) is 0.0338. The van der Waals surface area contributed by atoms with E-state index < -0.39 is 0 Å². The fourth-order valence-electron chi connectivity index (χ4n) is 6.75. The molecule has 0 aliphatic rings. The van der Waals surface area contributed by atoms with Crippen molar-refractivity contribution in [3.05, 3.63) is 0 Å². The standard InChI is InChI=1S/9C6H15P.9CHO.12Pd.2Tl/c9*1-4-7(5-2)6-3;9*1-2;;;;;;;;;;;;;;/h9*4-6H2,1-3H3;9*1H;;;;;;;;;;;;;;/q;;;;;;;;;9*-1;;;;;;;;;;3*+2;2*+1/p+9. The molecule has 0 saturated carbocycles. The van der Waals surface area contributed by atoms with Crippen LogP contribution in [0, 0.1) is 0 Å². The summed E-state index contributed by atoms with van der Waals surface area (Å²) in [6.07, 6.45) is 39.3. The summed E-state index contributed by atoms with van der Waals surface area (Å²) in [5, 5.41) is 0. The number of hydrogen-bond donors (Lipinski definition) is 0. The number of rotatable bonds is 27. The van der Waals surface area contributed by atoms with Gasteiger partial charge < -0.3 is 43.2 Å². The van der Waals surface area contributed by atoms with E-state index in [1.165, 1.54) is 166 Å². The summed E-state index contributed by atoms with van der Waals surface area (Å²) in [4.78, 5) is 69.8. The van der Waals surface area contributed by atoms with Crippen LogP contribution in [0.25, 0.3) is 0 Å². The van der Waals surface area contributed by atoms with Crippen LogP contribution in [0.1, 0.15) is 187 Å². The average molecular weight is 3020 g/mol. The van der Waals surface area contributed by atoms with Crippen molar-refractivity contribution in [3.8, 4) is 0 Å². The van der Waals surface area contributed by atoms with Crippen LogP contribution in [0.3, 0.4) is 0 Å². The van der Waals surface area contributed by atoms with Crippen molar-refractivity contribution in [1.29, 1.82) is 0 Å². The first-order chi connectivity index (χ1) is 39.1. The van der Waals surface area contributed by atoms with Crippen LogP contribution in [0.4, 0.5) is 0 Å². The van der Waals surface area contributed by atoms with Gasteiger partial charge in [0, 0.05) is 184 Å². The van der Waals surface area contributed by atoms with Crippen molar-refractivity contribution in [1.82, 2.24) is 0 Å². The molecule has 0 amide bonds. The van der Waals surface area contributed by atoms with E-state index in [1.807, 2.05) is 0 Å². The maximum absolute atomic E-state index is 7.75. The summed E-state index contributed by atoms with van der Waals surface area (Å²) in [7, 11) is 1.24.